The second-order valence-electron chi connectivity index (χ2n) is 7.04. The molecule has 0 aliphatic heterocycles. The lowest BCUT2D eigenvalue weighted by atomic mass is 10.2. The average Bonchev–Trinajstić information content (AvgIpc) is 3.21. The van der Waals surface area contributed by atoms with Gasteiger partial charge in [-0.1, -0.05) is 22.0 Å². The first-order valence-electron chi connectivity index (χ1n) is 9.77. The first-order valence-corrected chi connectivity index (χ1v) is 12.0. The van der Waals surface area contributed by atoms with Crippen LogP contribution >= 0.6 is 15.9 Å². The topological polar surface area (TPSA) is 93.7 Å². The zero-order valence-corrected chi connectivity index (χ0v) is 19.1. The molecule has 0 bridgehead atoms. The number of carbonyl (C=O) groups excluding carboxylic acids is 1. The van der Waals surface area contributed by atoms with Crippen LogP contribution in [0.25, 0.3) is 0 Å². The van der Waals surface area contributed by atoms with Crippen LogP contribution in [0.4, 0.5) is 5.69 Å². The minimum absolute atomic E-state index is 0.00191. The molecule has 1 fully saturated rings. The Bertz CT molecular complexity index is 991. The Morgan fingerprint density at radius 2 is 1.90 bits per heavy atom. The third-order valence-electron chi connectivity index (χ3n) is 4.79. The van der Waals surface area contributed by atoms with E-state index < -0.39 is 10.0 Å². The summed E-state index contributed by atoms with van der Waals surface area (Å²) in [6.45, 7) is -0.0116. The number of benzene rings is 2. The fourth-order valence-corrected chi connectivity index (χ4v) is 4.90. The number of hydrogen-bond donors (Lipinski definition) is 2. The Hall–Kier alpha value is -2.10. The zero-order chi connectivity index (χ0) is 21.6. The van der Waals surface area contributed by atoms with Gasteiger partial charge in [-0.05, 0) is 56.0 Å². The predicted octanol–water partition coefficient (Wildman–Crippen LogP) is 4.09. The van der Waals surface area contributed by atoms with Gasteiger partial charge >= 0.3 is 0 Å². The smallest absolute Gasteiger partial charge is 0.240 e. The third kappa shape index (κ3) is 6.20. The second-order valence-corrected chi connectivity index (χ2v) is 9.73. The summed E-state index contributed by atoms with van der Waals surface area (Å²) >= 11 is 3.25. The normalized spacial score (nSPS) is 14.5. The maximum absolute atomic E-state index is 12.3. The SMILES string of the molecule is COc1ccc(NC(=O)CCNS(=O)(=O)c2cccc(Br)c2)cc1OC1CCCC1. The standard InChI is InChI=1S/C21H25BrN2O5S/c1-28-19-10-9-16(14-20(19)29-17-6-2-3-7-17)24-21(25)11-12-23-30(26,27)18-8-4-5-15(22)13-18/h4-5,8-10,13-14,17,23H,2-3,6-7,11-12H2,1H3,(H,24,25). The Kier molecular flexibility index (Phi) is 7.74. The summed E-state index contributed by atoms with van der Waals surface area (Å²) in [5, 5.41) is 2.78. The van der Waals surface area contributed by atoms with Crippen LogP contribution in [0, 0.1) is 0 Å². The van der Waals surface area contributed by atoms with Gasteiger partial charge in [-0.15, -0.1) is 0 Å². The highest BCUT2D eigenvalue weighted by atomic mass is 79.9. The van der Waals surface area contributed by atoms with Crippen LogP contribution in [0.1, 0.15) is 32.1 Å². The maximum Gasteiger partial charge on any atom is 0.240 e. The second kappa shape index (κ2) is 10.3. The molecule has 0 saturated heterocycles. The zero-order valence-electron chi connectivity index (χ0n) is 16.7. The van der Waals surface area contributed by atoms with E-state index in [1.54, 1.807) is 37.4 Å². The number of methoxy groups -OCH3 is 1. The number of hydrogen-bond acceptors (Lipinski definition) is 5. The Morgan fingerprint density at radius 3 is 2.60 bits per heavy atom. The third-order valence-corrected chi connectivity index (χ3v) is 6.75. The van der Waals surface area contributed by atoms with Crippen LogP contribution < -0.4 is 19.5 Å². The van der Waals surface area contributed by atoms with E-state index in [4.69, 9.17) is 9.47 Å². The minimum Gasteiger partial charge on any atom is -0.493 e. The van der Waals surface area contributed by atoms with Crippen molar-refractivity contribution in [2.24, 2.45) is 0 Å². The molecular formula is C21H25BrN2O5S. The van der Waals surface area contributed by atoms with Crippen molar-refractivity contribution in [1.29, 1.82) is 0 Å². The van der Waals surface area contributed by atoms with Crippen molar-refractivity contribution < 1.29 is 22.7 Å². The molecular weight excluding hydrogens is 472 g/mol. The van der Waals surface area contributed by atoms with Crippen molar-refractivity contribution in [3.8, 4) is 11.5 Å². The van der Waals surface area contributed by atoms with Gasteiger partial charge in [0, 0.05) is 29.2 Å². The number of anilines is 1. The molecule has 1 aliphatic rings. The van der Waals surface area contributed by atoms with Gasteiger partial charge in [0.25, 0.3) is 0 Å². The minimum atomic E-state index is -3.68. The summed E-state index contributed by atoms with van der Waals surface area (Å²) in [5.41, 5.74) is 0.573. The molecule has 3 rings (SSSR count). The molecule has 2 aromatic carbocycles. The lowest BCUT2D eigenvalue weighted by Crippen LogP contribution is -2.27. The number of amides is 1. The van der Waals surface area contributed by atoms with E-state index >= 15 is 0 Å². The van der Waals surface area contributed by atoms with Crippen LogP contribution in [0.15, 0.2) is 51.8 Å². The maximum atomic E-state index is 12.3. The van der Waals surface area contributed by atoms with Crippen molar-refractivity contribution in [2.45, 2.75) is 43.1 Å². The van der Waals surface area contributed by atoms with Gasteiger partial charge in [-0.3, -0.25) is 4.79 Å². The van der Waals surface area contributed by atoms with Crippen LogP contribution in [-0.4, -0.2) is 34.1 Å². The molecule has 0 spiro atoms. The summed E-state index contributed by atoms with van der Waals surface area (Å²) in [5.74, 6) is 0.906. The molecule has 0 aromatic heterocycles. The van der Waals surface area contributed by atoms with Gasteiger partial charge < -0.3 is 14.8 Å². The molecule has 30 heavy (non-hydrogen) atoms. The highest BCUT2D eigenvalue weighted by molar-refractivity contribution is 9.10. The number of sulfonamides is 1. The Balaban J connectivity index is 1.55. The highest BCUT2D eigenvalue weighted by Gasteiger charge is 2.19. The van der Waals surface area contributed by atoms with E-state index in [9.17, 15) is 13.2 Å². The summed E-state index contributed by atoms with van der Waals surface area (Å²) in [7, 11) is -2.10. The molecule has 2 N–H and O–H groups in total. The van der Waals surface area contributed by atoms with E-state index in [-0.39, 0.29) is 29.9 Å². The largest absolute Gasteiger partial charge is 0.493 e. The summed E-state index contributed by atoms with van der Waals surface area (Å²) in [4.78, 5) is 12.4. The lowest BCUT2D eigenvalue weighted by Gasteiger charge is -2.17. The monoisotopic (exact) mass is 496 g/mol. The fourth-order valence-electron chi connectivity index (χ4n) is 3.27. The predicted molar refractivity (Wildman–Crippen MR) is 118 cm³/mol. The van der Waals surface area contributed by atoms with E-state index in [2.05, 4.69) is 26.0 Å². The van der Waals surface area contributed by atoms with Gasteiger partial charge in [-0.2, -0.15) is 0 Å². The summed E-state index contributed by atoms with van der Waals surface area (Å²) in [6, 6.07) is 11.6. The summed E-state index contributed by atoms with van der Waals surface area (Å²) < 4.78 is 39.1. The lowest BCUT2D eigenvalue weighted by molar-refractivity contribution is -0.116. The summed E-state index contributed by atoms with van der Waals surface area (Å²) in [6.07, 6.45) is 4.49. The quantitative estimate of drug-likeness (QED) is 0.545. The molecule has 7 nitrogen and oxygen atoms in total. The Morgan fingerprint density at radius 1 is 1.13 bits per heavy atom. The fraction of sp³-hybridized carbons (Fsp3) is 0.381. The van der Waals surface area contributed by atoms with Crippen LogP contribution in [0.5, 0.6) is 11.5 Å². The van der Waals surface area contributed by atoms with Gasteiger partial charge in [-0.25, -0.2) is 13.1 Å². The molecule has 0 atom stereocenters. The van der Waals surface area contributed by atoms with Crippen molar-refractivity contribution >= 4 is 37.5 Å². The first-order chi connectivity index (χ1) is 14.4. The van der Waals surface area contributed by atoms with E-state index in [1.807, 2.05) is 0 Å². The number of carbonyl (C=O) groups is 1. The number of ether oxygens (including phenoxy) is 2. The molecule has 0 radical (unpaired) electrons. The number of nitrogens with one attached hydrogen (secondary N) is 2. The highest BCUT2D eigenvalue weighted by Crippen LogP contribution is 2.34. The van der Waals surface area contributed by atoms with Crippen LogP contribution in [-0.2, 0) is 14.8 Å². The molecule has 1 saturated carbocycles. The van der Waals surface area contributed by atoms with Gasteiger partial charge in [0.15, 0.2) is 11.5 Å². The average molecular weight is 497 g/mol. The molecule has 1 aliphatic carbocycles. The van der Waals surface area contributed by atoms with Crippen molar-refractivity contribution in [3.05, 3.63) is 46.9 Å². The van der Waals surface area contributed by atoms with Gasteiger partial charge in [0.1, 0.15) is 0 Å². The van der Waals surface area contributed by atoms with Gasteiger partial charge in [0.2, 0.25) is 15.9 Å². The van der Waals surface area contributed by atoms with E-state index in [0.717, 1.165) is 25.7 Å². The molecule has 9 heteroatoms. The van der Waals surface area contributed by atoms with Crippen LogP contribution in [0.2, 0.25) is 0 Å². The van der Waals surface area contributed by atoms with Crippen LogP contribution in [0.3, 0.4) is 0 Å². The molecule has 0 unspecified atom stereocenters. The number of rotatable bonds is 9. The van der Waals surface area contributed by atoms with E-state index in [1.165, 1.54) is 12.1 Å². The van der Waals surface area contributed by atoms with Crippen molar-refractivity contribution in [3.63, 3.8) is 0 Å². The molecule has 1 amide bonds. The molecule has 2 aromatic rings. The first kappa shape index (κ1) is 22.6. The Labute approximate surface area is 185 Å². The molecule has 162 valence electrons. The van der Waals surface area contributed by atoms with E-state index in [0.29, 0.717) is 21.7 Å². The van der Waals surface area contributed by atoms with Gasteiger partial charge in [0.05, 0.1) is 18.1 Å². The number of halogens is 1. The molecule has 0 heterocycles. The van der Waals surface area contributed by atoms with Crippen molar-refractivity contribution in [2.75, 3.05) is 19.0 Å². The van der Waals surface area contributed by atoms with Crippen molar-refractivity contribution in [1.82, 2.24) is 4.72 Å².